The number of benzene rings is 1. The van der Waals surface area contributed by atoms with Crippen LogP contribution in [0.15, 0.2) is 30.3 Å². The summed E-state index contributed by atoms with van der Waals surface area (Å²) < 4.78 is 5.76. The molecular weight excluding hydrogens is 282 g/mol. The molecule has 0 amide bonds. The molecule has 4 heteroatoms. The van der Waals surface area contributed by atoms with Crippen LogP contribution in [0.4, 0.5) is 0 Å². The molecule has 2 N–H and O–H groups in total. The minimum atomic E-state index is -0.445. The number of aliphatic hydroxyl groups excluding tert-OH is 1. The quantitative estimate of drug-likeness (QED) is 0.774. The first kappa shape index (κ1) is 16.8. The molecule has 4 unspecified atom stereocenters. The Kier molecular flexibility index (Phi) is 7.04. The van der Waals surface area contributed by atoms with E-state index in [1.807, 2.05) is 36.9 Å². The highest BCUT2D eigenvalue weighted by molar-refractivity contribution is 7.99. The highest BCUT2D eigenvalue weighted by Crippen LogP contribution is 2.28. The molecule has 0 heterocycles. The molecule has 118 valence electrons. The van der Waals surface area contributed by atoms with Gasteiger partial charge in [0.1, 0.15) is 0 Å². The number of nitrogens with one attached hydrogen (secondary N) is 1. The minimum Gasteiger partial charge on any atom is -0.389 e. The van der Waals surface area contributed by atoms with E-state index in [2.05, 4.69) is 23.7 Å². The van der Waals surface area contributed by atoms with Crippen molar-refractivity contribution >= 4 is 11.8 Å². The third-order valence-electron chi connectivity index (χ3n) is 4.18. The first-order chi connectivity index (χ1) is 10.2. The first-order valence-corrected chi connectivity index (χ1v) is 9.10. The number of hydrogen-bond acceptors (Lipinski definition) is 4. The molecule has 0 aliphatic heterocycles. The highest BCUT2D eigenvalue weighted by Gasteiger charge is 2.26. The zero-order chi connectivity index (χ0) is 15.1. The van der Waals surface area contributed by atoms with E-state index in [9.17, 15) is 5.11 Å². The second-order valence-corrected chi connectivity index (χ2v) is 6.84. The zero-order valence-electron chi connectivity index (χ0n) is 13.0. The molecule has 1 fully saturated rings. The van der Waals surface area contributed by atoms with Crippen molar-refractivity contribution in [2.75, 3.05) is 19.4 Å². The van der Waals surface area contributed by atoms with Gasteiger partial charge >= 0.3 is 0 Å². The average molecular weight is 309 g/mol. The monoisotopic (exact) mass is 309 g/mol. The van der Waals surface area contributed by atoms with Crippen LogP contribution in [0.25, 0.3) is 0 Å². The number of thioether (sulfide) groups is 1. The molecule has 0 spiro atoms. The predicted octanol–water partition coefficient (Wildman–Crippen LogP) is 3.00. The van der Waals surface area contributed by atoms with E-state index < -0.39 is 6.10 Å². The van der Waals surface area contributed by atoms with Gasteiger partial charge in [-0.15, -0.1) is 0 Å². The Morgan fingerprint density at radius 1 is 1.33 bits per heavy atom. The molecule has 2 rings (SSSR count). The van der Waals surface area contributed by atoms with Gasteiger partial charge in [-0.3, -0.25) is 0 Å². The standard InChI is InChI=1S/C17H27NO2S/c1-13(14-7-4-3-5-8-14)20-12-15(19)11-18-16-9-6-10-17(16)21-2/h3-5,7-8,13,15-19H,6,9-12H2,1-2H3. The van der Waals surface area contributed by atoms with Gasteiger partial charge in [0.25, 0.3) is 0 Å². The molecule has 0 aromatic heterocycles. The number of ether oxygens (including phenoxy) is 1. The maximum atomic E-state index is 10.1. The Morgan fingerprint density at radius 2 is 2.10 bits per heavy atom. The van der Waals surface area contributed by atoms with Gasteiger partial charge in [-0.2, -0.15) is 11.8 Å². The van der Waals surface area contributed by atoms with Gasteiger partial charge in [0.05, 0.1) is 18.8 Å². The van der Waals surface area contributed by atoms with Gasteiger partial charge in [-0.25, -0.2) is 0 Å². The van der Waals surface area contributed by atoms with Crippen molar-refractivity contribution in [3.63, 3.8) is 0 Å². The van der Waals surface area contributed by atoms with E-state index in [1.165, 1.54) is 19.3 Å². The summed E-state index contributed by atoms with van der Waals surface area (Å²) in [7, 11) is 0. The van der Waals surface area contributed by atoms with Crippen LogP contribution in [-0.4, -0.2) is 41.9 Å². The molecule has 21 heavy (non-hydrogen) atoms. The summed E-state index contributed by atoms with van der Waals surface area (Å²) >= 11 is 1.93. The average Bonchev–Trinajstić information content (AvgIpc) is 2.99. The molecule has 1 aromatic carbocycles. The van der Waals surface area contributed by atoms with Crippen molar-refractivity contribution in [3.8, 4) is 0 Å². The van der Waals surface area contributed by atoms with Crippen molar-refractivity contribution in [3.05, 3.63) is 35.9 Å². The largest absolute Gasteiger partial charge is 0.389 e. The zero-order valence-corrected chi connectivity index (χ0v) is 13.8. The Labute approximate surface area is 132 Å². The lowest BCUT2D eigenvalue weighted by molar-refractivity contribution is -0.00278. The van der Waals surface area contributed by atoms with E-state index >= 15 is 0 Å². The maximum absolute atomic E-state index is 10.1. The lowest BCUT2D eigenvalue weighted by Crippen LogP contribution is -2.40. The molecule has 4 atom stereocenters. The Bertz CT molecular complexity index is 401. The molecule has 0 bridgehead atoms. The lowest BCUT2D eigenvalue weighted by Gasteiger charge is -2.22. The molecule has 1 saturated carbocycles. The van der Waals surface area contributed by atoms with Crippen LogP contribution in [-0.2, 0) is 4.74 Å². The van der Waals surface area contributed by atoms with Crippen molar-refractivity contribution in [1.29, 1.82) is 0 Å². The fourth-order valence-electron chi connectivity index (χ4n) is 2.86. The number of rotatable bonds is 8. The number of aliphatic hydroxyl groups is 1. The second-order valence-electron chi connectivity index (χ2n) is 5.76. The molecule has 1 aliphatic rings. The van der Waals surface area contributed by atoms with Crippen LogP contribution in [0, 0.1) is 0 Å². The van der Waals surface area contributed by atoms with Gasteiger partial charge in [-0.05, 0) is 31.6 Å². The van der Waals surface area contributed by atoms with E-state index in [0.717, 1.165) is 5.56 Å². The van der Waals surface area contributed by atoms with Crippen LogP contribution in [0.1, 0.15) is 37.9 Å². The van der Waals surface area contributed by atoms with Crippen molar-refractivity contribution in [1.82, 2.24) is 5.32 Å². The maximum Gasteiger partial charge on any atom is 0.0898 e. The van der Waals surface area contributed by atoms with E-state index in [1.54, 1.807) is 0 Å². The lowest BCUT2D eigenvalue weighted by atomic mass is 10.1. The predicted molar refractivity (Wildman–Crippen MR) is 89.8 cm³/mol. The topological polar surface area (TPSA) is 41.5 Å². The third kappa shape index (κ3) is 5.29. The van der Waals surface area contributed by atoms with Crippen molar-refractivity contribution < 1.29 is 9.84 Å². The van der Waals surface area contributed by atoms with E-state index in [-0.39, 0.29) is 6.10 Å². The van der Waals surface area contributed by atoms with Crippen LogP contribution in [0.5, 0.6) is 0 Å². The smallest absolute Gasteiger partial charge is 0.0898 e. The van der Waals surface area contributed by atoms with Crippen molar-refractivity contribution in [2.45, 2.75) is 49.7 Å². The fraction of sp³-hybridized carbons (Fsp3) is 0.647. The second kappa shape index (κ2) is 8.79. The normalized spacial score (nSPS) is 24.9. The summed E-state index contributed by atoms with van der Waals surface area (Å²) in [5.41, 5.74) is 1.15. The first-order valence-electron chi connectivity index (χ1n) is 7.81. The van der Waals surface area contributed by atoms with Crippen LogP contribution in [0.2, 0.25) is 0 Å². The third-order valence-corrected chi connectivity index (χ3v) is 5.35. The minimum absolute atomic E-state index is 0.0197. The molecule has 1 aromatic rings. The van der Waals surface area contributed by atoms with E-state index in [0.29, 0.717) is 24.4 Å². The van der Waals surface area contributed by atoms with Crippen LogP contribution >= 0.6 is 11.8 Å². The summed E-state index contributed by atoms with van der Waals surface area (Å²) in [5.74, 6) is 0. The molecule has 0 radical (unpaired) electrons. The summed E-state index contributed by atoms with van der Waals surface area (Å²) in [5, 5.41) is 14.3. The Hall–Kier alpha value is -0.550. The molecule has 1 aliphatic carbocycles. The Balaban J connectivity index is 1.66. The van der Waals surface area contributed by atoms with Crippen molar-refractivity contribution in [2.24, 2.45) is 0 Å². The van der Waals surface area contributed by atoms with Gasteiger partial charge in [0.15, 0.2) is 0 Å². The molecular formula is C17H27NO2S. The number of hydrogen-bond donors (Lipinski definition) is 2. The van der Waals surface area contributed by atoms with E-state index in [4.69, 9.17) is 4.74 Å². The Morgan fingerprint density at radius 3 is 2.81 bits per heavy atom. The SMILES string of the molecule is CSC1CCCC1NCC(O)COC(C)c1ccccc1. The fourth-order valence-corrected chi connectivity index (χ4v) is 3.83. The van der Waals surface area contributed by atoms with Crippen LogP contribution in [0.3, 0.4) is 0 Å². The van der Waals surface area contributed by atoms with Gasteiger partial charge in [0.2, 0.25) is 0 Å². The molecule has 3 nitrogen and oxygen atoms in total. The molecule has 0 saturated heterocycles. The summed E-state index contributed by atoms with van der Waals surface area (Å²) in [6, 6.07) is 10.7. The summed E-state index contributed by atoms with van der Waals surface area (Å²) in [4.78, 5) is 0. The van der Waals surface area contributed by atoms with Crippen LogP contribution < -0.4 is 5.32 Å². The highest BCUT2D eigenvalue weighted by atomic mass is 32.2. The summed E-state index contributed by atoms with van der Waals surface area (Å²) in [6.07, 6.45) is 5.55. The van der Waals surface area contributed by atoms with Gasteiger partial charge in [-0.1, -0.05) is 36.8 Å². The van der Waals surface area contributed by atoms with Gasteiger partial charge < -0.3 is 15.2 Å². The summed E-state index contributed by atoms with van der Waals surface area (Å²) in [6.45, 7) is 3.01. The van der Waals surface area contributed by atoms with Gasteiger partial charge in [0, 0.05) is 17.8 Å².